The highest BCUT2D eigenvalue weighted by molar-refractivity contribution is 5.69. The fourth-order valence-electron chi connectivity index (χ4n) is 1.79. The molecule has 1 aromatic carbocycles. The molecule has 110 valence electrons. The van der Waals surface area contributed by atoms with Crippen LogP contribution in [0.2, 0.25) is 0 Å². The molecule has 0 saturated carbocycles. The van der Waals surface area contributed by atoms with Crippen molar-refractivity contribution in [3.05, 3.63) is 54.1 Å². The summed E-state index contributed by atoms with van der Waals surface area (Å²) in [7, 11) is 0. The largest absolute Gasteiger partial charge is 0.490 e. The van der Waals surface area contributed by atoms with Gasteiger partial charge in [0.1, 0.15) is 12.4 Å². The lowest BCUT2D eigenvalue weighted by Gasteiger charge is -2.10. The van der Waals surface area contributed by atoms with E-state index in [1.54, 1.807) is 6.92 Å². The van der Waals surface area contributed by atoms with E-state index in [-0.39, 0.29) is 12.3 Å². The standard InChI is InChI=1S/C18H20O3/c1-3-5-6-7-13-21-17-11-9-15(10-12-17)16(8-4-2)14-18(19)20/h3,5-7,9-12,16H,13-14H2,1-2H3,(H,19,20)/t16-/m0/s1. The van der Waals surface area contributed by atoms with Gasteiger partial charge in [0.25, 0.3) is 0 Å². The highest BCUT2D eigenvalue weighted by atomic mass is 16.5. The number of allylic oxidation sites excluding steroid dienone is 3. The topological polar surface area (TPSA) is 46.5 Å². The SMILES string of the molecule is CC#C[C@@H](CC(=O)O)c1ccc(OCC=CC=CC)cc1. The molecule has 0 aliphatic carbocycles. The second-order valence-corrected chi connectivity index (χ2v) is 4.38. The average Bonchev–Trinajstić information content (AvgIpc) is 2.47. The van der Waals surface area contributed by atoms with E-state index in [1.165, 1.54) is 0 Å². The van der Waals surface area contributed by atoms with Gasteiger partial charge in [-0.1, -0.05) is 36.3 Å². The fourth-order valence-corrected chi connectivity index (χ4v) is 1.79. The zero-order chi connectivity index (χ0) is 15.5. The van der Waals surface area contributed by atoms with Gasteiger partial charge in [0.2, 0.25) is 0 Å². The third kappa shape index (κ3) is 6.49. The zero-order valence-electron chi connectivity index (χ0n) is 12.4. The maximum absolute atomic E-state index is 10.8. The third-order valence-electron chi connectivity index (χ3n) is 2.77. The van der Waals surface area contributed by atoms with Crippen LogP contribution in [0.25, 0.3) is 0 Å². The van der Waals surface area contributed by atoms with Crippen molar-refractivity contribution in [2.75, 3.05) is 6.61 Å². The number of carboxylic acids is 1. The summed E-state index contributed by atoms with van der Waals surface area (Å²) >= 11 is 0. The molecule has 3 heteroatoms. The van der Waals surface area contributed by atoms with Gasteiger partial charge in [0, 0.05) is 0 Å². The van der Waals surface area contributed by atoms with E-state index in [0.29, 0.717) is 6.61 Å². The van der Waals surface area contributed by atoms with Crippen LogP contribution in [0, 0.1) is 11.8 Å². The maximum Gasteiger partial charge on any atom is 0.304 e. The summed E-state index contributed by atoms with van der Waals surface area (Å²) in [5.41, 5.74) is 0.892. The van der Waals surface area contributed by atoms with E-state index >= 15 is 0 Å². The summed E-state index contributed by atoms with van der Waals surface area (Å²) in [5.74, 6) is 5.33. The first-order chi connectivity index (χ1) is 10.2. The number of carboxylic acid groups (broad SMARTS) is 1. The molecule has 0 unspecified atom stereocenters. The first-order valence-electron chi connectivity index (χ1n) is 6.82. The van der Waals surface area contributed by atoms with E-state index < -0.39 is 5.97 Å². The molecule has 0 spiro atoms. The Kier molecular flexibility index (Phi) is 7.45. The van der Waals surface area contributed by atoms with E-state index in [0.717, 1.165) is 11.3 Å². The Morgan fingerprint density at radius 3 is 2.62 bits per heavy atom. The van der Waals surface area contributed by atoms with Crippen molar-refractivity contribution in [3.8, 4) is 17.6 Å². The van der Waals surface area contributed by atoms with Gasteiger partial charge in [0.05, 0.1) is 12.3 Å². The minimum atomic E-state index is -0.850. The molecule has 0 aliphatic rings. The second kappa shape index (κ2) is 9.44. The monoisotopic (exact) mass is 284 g/mol. The molecule has 1 rings (SSSR count). The Morgan fingerprint density at radius 1 is 1.33 bits per heavy atom. The second-order valence-electron chi connectivity index (χ2n) is 4.38. The normalized spacial score (nSPS) is 12.1. The number of ether oxygens (including phenoxy) is 1. The first kappa shape index (κ1) is 16.6. The van der Waals surface area contributed by atoms with Crippen LogP contribution in [-0.4, -0.2) is 17.7 Å². The molecule has 0 saturated heterocycles. The minimum Gasteiger partial charge on any atom is -0.490 e. The average molecular weight is 284 g/mol. The summed E-state index contributed by atoms with van der Waals surface area (Å²) in [5, 5.41) is 8.91. The summed E-state index contributed by atoms with van der Waals surface area (Å²) in [6.45, 7) is 4.16. The molecule has 0 aromatic heterocycles. The van der Waals surface area contributed by atoms with Crippen LogP contribution < -0.4 is 4.74 Å². The fraction of sp³-hybridized carbons (Fsp3) is 0.278. The van der Waals surface area contributed by atoms with Gasteiger partial charge >= 0.3 is 5.97 Å². The number of carbonyl (C=O) groups is 1. The molecule has 3 nitrogen and oxygen atoms in total. The first-order valence-corrected chi connectivity index (χ1v) is 6.82. The molecule has 21 heavy (non-hydrogen) atoms. The summed E-state index contributed by atoms with van der Waals surface area (Å²) in [6, 6.07) is 7.40. The molecule has 0 heterocycles. The van der Waals surface area contributed by atoms with Gasteiger partial charge in [0.15, 0.2) is 0 Å². The van der Waals surface area contributed by atoms with Crippen LogP contribution in [0.3, 0.4) is 0 Å². The Bertz CT molecular complexity index is 556. The lowest BCUT2D eigenvalue weighted by atomic mass is 9.96. The predicted molar refractivity (Wildman–Crippen MR) is 84.3 cm³/mol. The Morgan fingerprint density at radius 2 is 2.05 bits per heavy atom. The van der Waals surface area contributed by atoms with Crippen LogP contribution in [0.4, 0.5) is 0 Å². The van der Waals surface area contributed by atoms with E-state index in [9.17, 15) is 4.79 Å². The van der Waals surface area contributed by atoms with Gasteiger partial charge in [-0.2, -0.15) is 0 Å². The van der Waals surface area contributed by atoms with Crippen molar-refractivity contribution < 1.29 is 14.6 Å². The lowest BCUT2D eigenvalue weighted by molar-refractivity contribution is -0.137. The molecule has 0 radical (unpaired) electrons. The van der Waals surface area contributed by atoms with Crippen LogP contribution in [0.1, 0.15) is 31.7 Å². The summed E-state index contributed by atoms with van der Waals surface area (Å²) in [6.07, 6.45) is 7.74. The van der Waals surface area contributed by atoms with Crippen LogP contribution >= 0.6 is 0 Å². The molecule has 0 amide bonds. The smallest absolute Gasteiger partial charge is 0.304 e. The van der Waals surface area contributed by atoms with Crippen molar-refractivity contribution in [1.29, 1.82) is 0 Å². The molecule has 0 fully saturated rings. The Balaban J connectivity index is 2.66. The van der Waals surface area contributed by atoms with E-state index in [2.05, 4.69) is 11.8 Å². The van der Waals surface area contributed by atoms with Crippen LogP contribution in [-0.2, 0) is 4.79 Å². The minimum absolute atomic E-state index is 0.00708. The predicted octanol–water partition coefficient (Wildman–Crippen LogP) is 3.78. The van der Waals surface area contributed by atoms with Gasteiger partial charge in [-0.05, 0) is 37.6 Å². The van der Waals surface area contributed by atoms with Crippen molar-refractivity contribution in [3.63, 3.8) is 0 Å². The highest BCUT2D eigenvalue weighted by Crippen LogP contribution is 2.22. The number of aliphatic carboxylic acids is 1. The molecule has 1 N–H and O–H groups in total. The Hall–Kier alpha value is -2.47. The van der Waals surface area contributed by atoms with E-state index in [1.807, 2.05) is 55.5 Å². The molecule has 1 aromatic rings. The van der Waals surface area contributed by atoms with Crippen LogP contribution in [0.5, 0.6) is 5.75 Å². The van der Waals surface area contributed by atoms with Crippen molar-refractivity contribution >= 4 is 5.97 Å². The van der Waals surface area contributed by atoms with E-state index in [4.69, 9.17) is 9.84 Å². The van der Waals surface area contributed by atoms with Crippen molar-refractivity contribution in [2.45, 2.75) is 26.2 Å². The van der Waals surface area contributed by atoms with Gasteiger partial charge in [-0.3, -0.25) is 4.79 Å². The molecule has 0 bridgehead atoms. The van der Waals surface area contributed by atoms with Gasteiger partial charge in [-0.25, -0.2) is 0 Å². The number of hydrogen-bond donors (Lipinski definition) is 1. The van der Waals surface area contributed by atoms with Crippen LogP contribution in [0.15, 0.2) is 48.6 Å². The maximum atomic E-state index is 10.8. The van der Waals surface area contributed by atoms with Gasteiger partial charge in [-0.15, -0.1) is 5.92 Å². The molecular formula is C18H20O3. The Labute approximate surface area is 126 Å². The quantitative estimate of drug-likeness (QED) is 0.612. The lowest BCUT2D eigenvalue weighted by Crippen LogP contribution is -2.04. The van der Waals surface area contributed by atoms with Gasteiger partial charge < -0.3 is 9.84 Å². The highest BCUT2D eigenvalue weighted by Gasteiger charge is 2.12. The number of benzene rings is 1. The van der Waals surface area contributed by atoms with Crippen molar-refractivity contribution in [1.82, 2.24) is 0 Å². The summed E-state index contributed by atoms with van der Waals surface area (Å²) in [4.78, 5) is 10.8. The zero-order valence-corrected chi connectivity index (χ0v) is 12.4. The number of rotatable bonds is 7. The third-order valence-corrected chi connectivity index (χ3v) is 2.77. The molecule has 1 atom stereocenters. The molecule has 0 aliphatic heterocycles. The molecular weight excluding hydrogens is 264 g/mol. The number of hydrogen-bond acceptors (Lipinski definition) is 2. The summed E-state index contributed by atoms with van der Waals surface area (Å²) < 4.78 is 5.56. The van der Waals surface area contributed by atoms with Crippen molar-refractivity contribution in [2.24, 2.45) is 0 Å².